The van der Waals surface area contributed by atoms with Crippen molar-refractivity contribution in [1.82, 2.24) is 20.2 Å². The topological polar surface area (TPSA) is 85.8 Å². The van der Waals surface area contributed by atoms with E-state index in [9.17, 15) is 4.79 Å². The van der Waals surface area contributed by atoms with Gasteiger partial charge in [0.2, 0.25) is 11.5 Å². The van der Waals surface area contributed by atoms with Gasteiger partial charge in [0.15, 0.2) is 17.1 Å². The summed E-state index contributed by atoms with van der Waals surface area (Å²) in [6, 6.07) is 11.5. The van der Waals surface area contributed by atoms with Crippen LogP contribution in [0.1, 0.15) is 42.7 Å². The molecule has 2 aliphatic rings. The van der Waals surface area contributed by atoms with Crippen molar-refractivity contribution in [3.05, 3.63) is 53.9 Å². The van der Waals surface area contributed by atoms with Gasteiger partial charge in [-0.05, 0) is 55.8 Å². The van der Waals surface area contributed by atoms with Gasteiger partial charge in [-0.25, -0.2) is 9.97 Å². The average molecular weight is 449 g/mol. The summed E-state index contributed by atoms with van der Waals surface area (Å²) in [5.74, 6) is 0.585. The SMILES string of the molecule is COc1cc(C(=O)N(Cc2ccc3cccnc3n2)C[C@@H]2CCCN2)cc2c1OC(C)(C)O2. The molecule has 1 amide bonds. The molecule has 1 N–H and O–H groups in total. The van der Waals surface area contributed by atoms with Gasteiger partial charge >= 0.3 is 0 Å². The molecule has 2 aromatic heterocycles. The van der Waals surface area contributed by atoms with Crippen molar-refractivity contribution in [1.29, 1.82) is 0 Å². The zero-order valence-electron chi connectivity index (χ0n) is 19.1. The van der Waals surface area contributed by atoms with E-state index < -0.39 is 5.79 Å². The van der Waals surface area contributed by atoms with Crippen LogP contribution in [0.4, 0.5) is 0 Å². The number of hydrogen-bond donors (Lipinski definition) is 1. The highest BCUT2D eigenvalue weighted by Gasteiger charge is 2.36. The minimum Gasteiger partial charge on any atom is -0.493 e. The summed E-state index contributed by atoms with van der Waals surface area (Å²) in [5, 5.41) is 4.46. The molecule has 1 fully saturated rings. The van der Waals surface area contributed by atoms with Crippen molar-refractivity contribution in [2.24, 2.45) is 0 Å². The highest BCUT2D eigenvalue weighted by Crippen LogP contribution is 2.46. The molecule has 4 heterocycles. The molecule has 5 rings (SSSR count). The normalized spacial score (nSPS) is 18.5. The zero-order chi connectivity index (χ0) is 23.0. The second-order valence-corrected chi connectivity index (χ2v) is 8.94. The Morgan fingerprint density at radius 2 is 2.15 bits per heavy atom. The van der Waals surface area contributed by atoms with E-state index in [0.29, 0.717) is 41.5 Å². The molecule has 1 saturated heterocycles. The number of carbonyl (C=O) groups is 1. The zero-order valence-corrected chi connectivity index (χ0v) is 19.1. The van der Waals surface area contributed by atoms with Crippen molar-refractivity contribution >= 4 is 16.9 Å². The molecule has 8 nitrogen and oxygen atoms in total. The molecule has 1 aromatic carbocycles. The van der Waals surface area contributed by atoms with E-state index in [1.807, 2.05) is 43.0 Å². The van der Waals surface area contributed by atoms with Crippen molar-refractivity contribution in [3.8, 4) is 17.2 Å². The lowest BCUT2D eigenvalue weighted by atomic mass is 10.1. The first-order chi connectivity index (χ1) is 15.9. The van der Waals surface area contributed by atoms with Crippen LogP contribution >= 0.6 is 0 Å². The molecule has 1 atom stereocenters. The third-order valence-corrected chi connectivity index (χ3v) is 5.96. The number of ether oxygens (including phenoxy) is 3. The number of nitrogens with one attached hydrogen (secondary N) is 1. The molecule has 33 heavy (non-hydrogen) atoms. The number of rotatable bonds is 6. The Bertz CT molecular complexity index is 1190. The summed E-state index contributed by atoms with van der Waals surface area (Å²) in [6.45, 7) is 5.59. The first-order valence-electron chi connectivity index (χ1n) is 11.3. The van der Waals surface area contributed by atoms with Crippen molar-refractivity contribution < 1.29 is 19.0 Å². The van der Waals surface area contributed by atoms with Gasteiger partial charge in [0.05, 0.1) is 19.3 Å². The Morgan fingerprint density at radius 3 is 2.94 bits per heavy atom. The molecule has 0 bridgehead atoms. The van der Waals surface area contributed by atoms with E-state index in [1.54, 1.807) is 25.4 Å². The summed E-state index contributed by atoms with van der Waals surface area (Å²) in [4.78, 5) is 24.6. The Morgan fingerprint density at radius 1 is 1.27 bits per heavy atom. The molecular weight excluding hydrogens is 420 g/mol. The highest BCUT2D eigenvalue weighted by atomic mass is 16.7. The molecular formula is C25H28N4O4. The van der Waals surface area contributed by atoms with Gasteiger partial charge < -0.3 is 24.4 Å². The molecule has 0 saturated carbocycles. The lowest BCUT2D eigenvalue weighted by Gasteiger charge is -2.26. The number of nitrogens with zero attached hydrogens (tertiary/aromatic N) is 3. The first kappa shape index (κ1) is 21.5. The van der Waals surface area contributed by atoms with Crippen LogP contribution in [0.25, 0.3) is 11.0 Å². The van der Waals surface area contributed by atoms with Crippen LogP contribution in [0.3, 0.4) is 0 Å². The van der Waals surface area contributed by atoms with Crippen molar-refractivity contribution in [2.75, 3.05) is 20.2 Å². The number of carbonyl (C=O) groups excluding carboxylic acids is 1. The van der Waals surface area contributed by atoms with Gasteiger partial charge in [0.25, 0.3) is 5.91 Å². The molecule has 0 unspecified atom stereocenters. The van der Waals surface area contributed by atoms with Gasteiger partial charge in [0.1, 0.15) is 0 Å². The third-order valence-electron chi connectivity index (χ3n) is 5.96. The first-order valence-corrected chi connectivity index (χ1v) is 11.3. The van der Waals surface area contributed by atoms with Crippen LogP contribution in [0.15, 0.2) is 42.6 Å². The predicted octanol–water partition coefficient (Wildman–Crippen LogP) is 3.54. The van der Waals surface area contributed by atoms with Gasteiger partial charge in [-0.3, -0.25) is 4.79 Å². The Balaban J connectivity index is 1.46. The molecule has 2 aliphatic heterocycles. The van der Waals surface area contributed by atoms with Gasteiger partial charge in [-0.1, -0.05) is 0 Å². The maximum absolute atomic E-state index is 13.7. The minimum atomic E-state index is -0.813. The van der Waals surface area contributed by atoms with Crippen LogP contribution in [0, 0.1) is 0 Å². The molecule has 0 radical (unpaired) electrons. The number of methoxy groups -OCH3 is 1. The Kier molecular flexibility index (Phi) is 5.54. The van der Waals surface area contributed by atoms with E-state index >= 15 is 0 Å². The largest absolute Gasteiger partial charge is 0.493 e. The number of hydrogen-bond acceptors (Lipinski definition) is 7. The summed E-state index contributed by atoms with van der Waals surface area (Å²) in [7, 11) is 1.56. The second-order valence-electron chi connectivity index (χ2n) is 8.94. The molecule has 0 aliphatic carbocycles. The lowest BCUT2D eigenvalue weighted by Crippen LogP contribution is -2.41. The smallest absolute Gasteiger partial charge is 0.254 e. The molecule has 0 spiro atoms. The summed E-state index contributed by atoms with van der Waals surface area (Å²) >= 11 is 0. The van der Waals surface area contributed by atoms with E-state index in [1.165, 1.54) is 0 Å². The fraction of sp³-hybridized carbons (Fsp3) is 0.400. The fourth-order valence-electron chi connectivity index (χ4n) is 4.42. The standard InChI is InChI=1S/C25H28N4O4/c1-25(2)32-21-13-17(12-20(31-3)22(21)33-25)24(30)29(14-18-7-5-10-26-18)15-19-9-8-16-6-4-11-27-23(16)28-19/h4,6,8-9,11-13,18,26H,5,7,10,14-15H2,1-3H3/t18-/m0/s1. The predicted molar refractivity (Wildman–Crippen MR) is 124 cm³/mol. The van der Waals surface area contributed by atoms with Crippen LogP contribution in [0.5, 0.6) is 17.2 Å². The third kappa shape index (κ3) is 4.43. The second kappa shape index (κ2) is 8.51. The maximum atomic E-state index is 13.7. The number of benzene rings is 1. The van der Waals surface area contributed by atoms with E-state index in [4.69, 9.17) is 14.2 Å². The Hall–Kier alpha value is -3.39. The fourth-order valence-corrected chi connectivity index (χ4v) is 4.42. The summed E-state index contributed by atoms with van der Waals surface area (Å²) in [5.41, 5.74) is 1.96. The van der Waals surface area contributed by atoms with Gasteiger partial charge in [0, 0.05) is 43.6 Å². The van der Waals surface area contributed by atoms with Crippen molar-refractivity contribution in [3.63, 3.8) is 0 Å². The minimum absolute atomic E-state index is 0.110. The molecule has 8 heteroatoms. The maximum Gasteiger partial charge on any atom is 0.254 e. The van der Waals surface area contributed by atoms with Gasteiger partial charge in [-0.2, -0.15) is 0 Å². The Labute approximate surface area is 192 Å². The monoisotopic (exact) mass is 448 g/mol. The van der Waals surface area contributed by atoms with Crippen LogP contribution in [0.2, 0.25) is 0 Å². The quantitative estimate of drug-likeness (QED) is 0.617. The van der Waals surface area contributed by atoms with E-state index in [-0.39, 0.29) is 11.9 Å². The van der Waals surface area contributed by atoms with E-state index in [2.05, 4.69) is 15.3 Å². The number of aromatic nitrogens is 2. The number of pyridine rings is 2. The van der Waals surface area contributed by atoms with Gasteiger partial charge in [-0.15, -0.1) is 0 Å². The van der Waals surface area contributed by atoms with Crippen LogP contribution in [-0.4, -0.2) is 52.8 Å². The number of fused-ring (bicyclic) bond motifs is 2. The van der Waals surface area contributed by atoms with Crippen LogP contribution < -0.4 is 19.5 Å². The van der Waals surface area contributed by atoms with E-state index in [0.717, 1.165) is 30.5 Å². The van der Waals surface area contributed by atoms with Crippen molar-refractivity contribution in [2.45, 2.75) is 45.1 Å². The molecule has 172 valence electrons. The lowest BCUT2D eigenvalue weighted by molar-refractivity contribution is -0.0439. The average Bonchev–Trinajstić information content (AvgIpc) is 3.43. The summed E-state index contributed by atoms with van der Waals surface area (Å²) in [6.07, 6.45) is 3.87. The number of amides is 1. The summed E-state index contributed by atoms with van der Waals surface area (Å²) < 4.78 is 17.3. The highest BCUT2D eigenvalue weighted by molar-refractivity contribution is 5.95. The van der Waals surface area contributed by atoms with Crippen LogP contribution in [-0.2, 0) is 6.54 Å². The molecule has 3 aromatic rings.